The number of carbonyl (C=O) groups is 5. The normalized spacial score (nSPS) is 13.0. The van der Waals surface area contributed by atoms with Gasteiger partial charge in [0.2, 0.25) is 23.6 Å². The van der Waals surface area contributed by atoms with Crippen molar-refractivity contribution in [2.75, 3.05) is 6.54 Å². The molecule has 2 aromatic carbocycles. The van der Waals surface area contributed by atoms with Gasteiger partial charge in [0, 0.05) is 6.42 Å². The summed E-state index contributed by atoms with van der Waals surface area (Å²) in [6.45, 7) is 6.89. The van der Waals surface area contributed by atoms with Gasteiger partial charge in [-0.2, -0.15) is 0 Å². The van der Waals surface area contributed by atoms with E-state index in [9.17, 15) is 24.0 Å². The summed E-state index contributed by atoms with van der Waals surface area (Å²) in [5.41, 5.74) is 6.93. The van der Waals surface area contributed by atoms with E-state index in [0.717, 1.165) is 11.1 Å². The molecular weight excluding hydrogens is 526 g/mol. The van der Waals surface area contributed by atoms with Crippen molar-refractivity contribution in [2.45, 2.75) is 65.3 Å². The second kappa shape index (κ2) is 16.6. The van der Waals surface area contributed by atoms with Gasteiger partial charge in [-0.1, -0.05) is 88.4 Å². The highest BCUT2D eigenvalue weighted by molar-refractivity contribution is 5.94. The van der Waals surface area contributed by atoms with E-state index in [1.54, 1.807) is 26.0 Å². The van der Waals surface area contributed by atoms with E-state index in [1.165, 1.54) is 0 Å². The predicted octanol–water partition coefficient (Wildman–Crippen LogP) is 1.80. The molecule has 5 amide bonds. The highest BCUT2D eigenvalue weighted by Crippen LogP contribution is 2.09. The third kappa shape index (κ3) is 12.1. The van der Waals surface area contributed by atoms with Crippen LogP contribution < -0.4 is 27.0 Å². The summed E-state index contributed by atoms with van der Waals surface area (Å²) >= 11 is 0. The molecule has 41 heavy (non-hydrogen) atoms. The molecule has 0 radical (unpaired) electrons. The van der Waals surface area contributed by atoms with E-state index < -0.39 is 54.4 Å². The van der Waals surface area contributed by atoms with Crippen molar-refractivity contribution in [3.8, 4) is 0 Å². The van der Waals surface area contributed by atoms with Crippen LogP contribution in [-0.2, 0) is 36.9 Å². The standard InChI is InChI=1S/C30H41N5O6/c1-19(2)15-23(34-30(40)41-18-22-13-9-6-10-14-22)29(39)33-24(16-21-11-7-5-8-12-21)28(38)32-17-25(36)35-26(20(3)4)27(31)37/h5-14,19-20,23-24,26H,15-18H2,1-4H3,(H2,31,37)(H,32,38)(H,33,39)(H,34,40)(H,35,36)/t23-,24-,26-/m0/s1. The first-order valence-electron chi connectivity index (χ1n) is 13.6. The maximum atomic E-state index is 13.3. The summed E-state index contributed by atoms with van der Waals surface area (Å²) in [6.07, 6.45) is -0.314. The second-order valence-electron chi connectivity index (χ2n) is 10.5. The van der Waals surface area contributed by atoms with Crippen LogP contribution >= 0.6 is 0 Å². The molecule has 0 aromatic heterocycles. The lowest BCUT2D eigenvalue weighted by Crippen LogP contribution is -2.56. The highest BCUT2D eigenvalue weighted by atomic mass is 16.5. The molecule has 0 aliphatic heterocycles. The summed E-state index contributed by atoms with van der Waals surface area (Å²) in [4.78, 5) is 63.0. The largest absolute Gasteiger partial charge is 0.445 e. The lowest BCUT2D eigenvalue weighted by Gasteiger charge is -2.24. The number of primary amides is 1. The minimum atomic E-state index is -1.05. The van der Waals surface area contributed by atoms with Gasteiger partial charge in [-0.3, -0.25) is 19.2 Å². The van der Waals surface area contributed by atoms with Crippen molar-refractivity contribution in [1.29, 1.82) is 0 Å². The van der Waals surface area contributed by atoms with E-state index >= 15 is 0 Å². The fourth-order valence-corrected chi connectivity index (χ4v) is 4.02. The molecule has 222 valence electrons. The number of ether oxygens (including phenoxy) is 1. The Morgan fingerprint density at radius 1 is 0.756 bits per heavy atom. The molecule has 11 heteroatoms. The number of benzene rings is 2. The van der Waals surface area contributed by atoms with Gasteiger partial charge in [0.1, 0.15) is 24.7 Å². The SMILES string of the molecule is CC(C)C[C@H](NC(=O)OCc1ccccc1)C(=O)N[C@@H](Cc1ccccc1)C(=O)NCC(=O)N[C@H](C(N)=O)C(C)C. The van der Waals surface area contributed by atoms with Gasteiger partial charge in [-0.05, 0) is 29.4 Å². The number of nitrogens with two attached hydrogens (primary N) is 1. The molecule has 0 aliphatic rings. The Morgan fingerprint density at radius 2 is 1.34 bits per heavy atom. The quantitative estimate of drug-likeness (QED) is 0.220. The first kappa shape index (κ1) is 32.8. The Hall–Kier alpha value is -4.41. The van der Waals surface area contributed by atoms with Crippen LogP contribution in [0, 0.1) is 11.8 Å². The fourth-order valence-electron chi connectivity index (χ4n) is 4.02. The first-order valence-corrected chi connectivity index (χ1v) is 13.6. The lowest BCUT2D eigenvalue weighted by molar-refractivity contribution is -0.132. The first-order chi connectivity index (χ1) is 19.5. The van der Waals surface area contributed by atoms with E-state index in [1.807, 2.05) is 62.4 Å². The van der Waals surface area contributed by atoms with Crippen molar-refractivity contribution < 1.29 is 28.7 Å². The van der Waals surface area contributed by atoms with Crippen LogP contribution in [0.5, 0.6) is 0 Å². The predicted molar refractivity (Wildman–Crippen MR) is 154 cm³/mol. The minimum Gasteiger partial charge on any atom is -0.445 e. The number of carbonyl (C=O) groups excluding carboxylic acids is 5. The third-order valence-electron chi connectivity index (χ3n) is 6.16. The van der Waals surface area contributed by atoms with Crippen LogP contribution in [0.2, 0.25) is 0 Å². The van der Waals surface area contributed by atoms with Crippen molar-refractivity contribution >= 4 is 29.7 Å². The van der Waals surface area contributed by atoms with E-state index in [0.29, 0.717) is 6.42 Å². The number of rotatable bonds is 15. The summed E-state index contributed by atoms with van der Waals surface area (Å²) in [5.74, 6) is -2.63. The smallest absolute Gasteiger partial charge is 0.408 e. The topological polar surface area (TPSA) is 169 Å². The van der Waals surface area contributed by atoms with Gasteiger partial charge in [0.05, 0.1) is 6.54 Å². The van der Waals surface area contributed by atoms with Gasteiger partial charge in [0.15, 0.2) is 0 Å². The lowest BCUT2D eigenvalue weighted by atomic mass is 10.0. The molecule has 0 fully saturated rings. The maximum Gasteiger partial charge on any atom is 0.408 e. The van der Waals surface area contributed by atoms with Gasteiger partial charge < -0.3 is 31.7 Å². The summed E-state index contributed by atoms with van der Waals surface area (Å²) in [5, 5.41) is 10.4. The van der Waals surface area contributed by atoms with Crippen molar-refractivity contribution in [3.05, 3.63) is 71.8 Å². The van der Waals surface area contributed by atoms with Crippen LogP contribution in [0.3, 0.4) is 0 Å². The minimum absolute atomic E-state index is 0.0389. The Morgan fingerprint density at radius 3 is 1.88 bits per heavy atom. The molecule has 2 rings (SSSR count). The zero-order valence-electron chi connectivity index (χ0n) is 24.0. The van der Waals surface area contributed by atoms with Crippen LogP contribution in [0.25, 0.3) is 0 Å². The molecule has 2 aromatic rings. The molecule has 11 nitrogen and oxygen atoms in total. The van der Waals surface area contributed by atoms with Crippen molar-refractivity contribution in [3.63, 3.8) is 0 Å². The summed E-state index contributed by atoms with van der Waals surface area (Å²) in [6, 6.07) is 15.3. The molecule has 6 N–H and O–H groups in total. The average Bonchev–Trinajstić information content (AvgIpc) is 2.93. The number of hydrogen-bond acceptors (Lipinski definition) is 6. The molecular formula is C30H41N5O6. The Bertz CT molecular complexity index is 1160. The molecule has 0 saturated carbocycles. The third-order valence-corrected chi connectivity index (χ3v) is 6.16. The van der Waals surface area contributed by atoms with Gasteiger partial charge in [-0.25, -0.2) is 4.79 Å². The molecule has 0 bridgehead atoms. The van der Waals surface area contributed by atoms with E-state index in [4.69, 9.17) is 10.5 Å². The fraction of sp³-hybridized carbons (Fsp3) is 0.433. The van der Waals surface area contributed by atoms with Crippen LogP contribution in [0.1, 0.15) is 45.2 Å². The zero-order valence-corrected chi connectivity index (χ0v) is 24.0. The van der Waals surface area contributed by atoms with E-state index in [2.05, 4.69) is 21.3 Å². The zero-order chi connectivity index (χ0) is 30.4. The molecule has 0 saturated heterocycles. The van der Waals surface area contributed by atoms with Crippen molar-refractivity contribution in [1.82, 2.24) is 21.3 Å². The number of hydrogen-bond donors (Lipinski definition) is 5. The maximum absolute atomic E-state index is 13.3. The van der Waals surface area contributed by atoms with E-state index in [-0.39, 0.29) is 24.9 Å². The molecule has 0 unspecified atom stereocenters. The summed E-state index contributed by atoms with van der Waals surface area (Å²) in [7, 11) is 0. The number of alkyl carbamates (subject to hydrolysis) is 1. The van der Waals surface area contributed by atoms with Crippen LogP contribution in [-0.4, -0.2) is 54.4 Å². The monoisotopic (exact) mass is 567 g/mol. The number of amides is 5. The summed E-state index contributed by atoms with van der Waals surface area (Å²) < 4.78 is 5.28. The molecule has 0 spiro atoms. The second-order valence-corrected chi connectivity index (χ2v) is 10.5. The van der Waals surface area contributed by atoms with Gasteiger partial charge >= 0.3 is 6.09 Å². The number of nitrogens with one attached hydrogen (secondary N) is 4. The average molecular weight is 568 g/mol. The van der Waals surface area contributed by atoms with Crippen molar-refractivity contribution in [2.24, 2.45) is 17.6 Å². The van der Waals surface area contributed by atoms with Gasteiger partial charge in [0.25, 0.3) is 0 Å². The Kier molecular flexibility index (Phi) is 13.3. The molecule has 0 heterocycles. The molecule has 3 atom stereocenters. The molecule has 0 aliphatic carbocycles. The Labute approximate surface area is 241 Å². The van der Waals surface area contributed by atoms with Crippen LogP contribution in [0.15, 0.2) is 60.7 Å². The Balaban J connectivity index is 2.09. The van der Waals surface area contributed by atoms with Crippen LogP contribution in [0.4, 0.5) is 4.79 Å². The van der Waals surface area contributed by atoms with Gasteiger partial charge in [-0.15, -0.1) is 0 Å². The highest BCUT2D eigenvalue weighted by Gasteiger charge is 2.29.